The van der Waals surface area contributed by atoms with Gasteiger partial charge in [-0.1, -0.05) is 65.9 Å². The predicted octanol–water partition coefficient (Wildman–Crippen LogP) is 6.44. The standard InChI is InChI=1S/C28H20N2O4S/c1-15-12-16(2)23-21(13-15)35-28(29-23)30-24(17-8-4-3-5-9-17)22(26(32)27(30)33)25(31)20-14-18-10-6-7-11-19(18)34-20/h3-14,24,32H,1-2H3. The van der Waals surface area contributed by atoms with Crippen molar-refractivity contribution in [2.75, 3.05) is 4.90 Å². The number of Topliss-reactive ketones (excluding diaryl/α,β-unsaturated/α-hetero) is 1. The Hall–Kier alpha value is -4.23. The minimum Gasteiger partial charge on any atom is -0.503 e. The molecule has 3 aromatic carbocycles. The lowest BCUT2D eigenvalue weighted by Gasteiger charge is -2.24. The van der Waals surface area contributed by atoms with Crippen molar-refractivity contribution in [2.45, 2.75) is 19.9 Å². The number of thiazole rings is 1. The minimum absolute atomic E-state index is 0.0209. The number of carbonyl (C=O) groups excluding carboxylic acids is 2. The zero-order chi connectivity index (χ0) is 24.3. The molecule has 7 heteroatoms. The zero-order valence-corrected chi connectivity index (χ0v) is 19.8. The summed E-state index contributed by atoms with van der Waals surface area (Å²) in [5, 5.41) is 12.2. The maximum absolute atomic E-state index is 13.7. The number of aliphatic hydroxyl groups excluding tert-OH is 1. The molecule has 1 atom stereocenters. The van der Waals surface area contributed by atoms with Crippen LogP contribution in [0.15, 0.2) is 88.5 Å². The van der Waals surface area contributed by atoms with Gasteiger partial charge in [0.2, 0.25) is 5.78 Å². The highest BCUT2D eigenvalue weighted by atomic mass is 32.1. The van der Waals surface area contributed by atoms with Crippen LogP contribution in [-0.4, -0.2) is 21.8 Å². The van der Waals surface area contributed by atoms with Crippen molar-refractivity contribution in [1.82, 2.24) is 4.98 Å². The Morgan fingerprint density at radius 2 is 1.77 bits per heavy atom. The number of hydrogen-bond acceptors (Lipinski definition) is 6. The molecule has 0 saturated carbocycles. The first kappa shape index (κ1) is 21.3. The van der Waals surface area contributed by atoms with E-state index in [-0.39, 0.29) is 11.3 Å². The summed E-state index contributed by atoms with van der Waals surface area (Å²) in [4.78, 5) is 33.3. The number of aliphatic hydroxyl groups is 1. The van der Waals surface area contributed by atoms with Gasteiger partial charge in [-0.3, -0.25) is 14.5 Å². The number of amides is 1. The van der Waals surface area contributed by atoms with Crippen LogP contribution in [0.3, 0.4) is 0 Å². The molecule has 0 saturated heterocycles. The first-order valence-electron chi connectivity index (χ1n) is 11.1. The molecular formula is C28H20N2O4S. The lowest BCUT2D eigenvalue weighted by Crippen LogP contribution is -2.30. The van der Waals surface area contributed by atoms with Crippen molar-refractivity contribution in [3.05, 3.63) is 107 Å². The van der Waals surface area contributed by atoms with E-state index < -0.39 is 23.5 Å². The number of furan rings is 1. The summed E-state index contributed by atoms with van der Waals surface area (Å²) in [5.74, 6) is -1.71. The first-order chi connectivity index (χ1) is 16.9. The molecule has 172 valence electrons. The highest BCUT2D eigenvalue weighted by Crippen LogP contribution is 2.44. The molecule has 1 aliphatic rings. The lowest BCUT2D eigenvalue weighted by atomic mass is 9.95. The molecule has 0 radical (unpaired) electrons. The summed E-state index contributed by atoms with van der Waals surface area (Å²) in [5.41, 5.74) is 4.13. The number of para-hydroxylation sites is 1. The smallest absolute Gasteiger partial charge is 0.296 e. The number of aromatic nitrogens is 1. The van der Waals surface area contributed by atoms with Gasteiger partial charge in [0.15, 0.2) is 16.7 Å². The molecule has 0 aliphatic carbocycles. The van der Waals surface area contributed by atoms with Crippen molar-refractivity contribution in [3.8, 4) is 0 Å². The third kappa shape index (κ3) is 3.35. The van der Waals surface area contributed by atoms with Crippen molar-refractivity contribution in [1.29, 1.82) is 0 Å². The van der Waals surface area contributed by atoms with E-state index in [9.17, 15) is 14.7 Å². The Labute approximate surface area is 204 Å². The van der Waals surface area contributed by atoms with E-state index >= 15 is 0 Å². The third-order valence-electron chi connectivity index (χ3n) is 6.24. The second-order valence-corrected chi connectivity index (χ2v) is 9.66. The Morgan fingerprint density at radius 1 is 1.03 bits per heavy atom. The van der Waals surface area contributed by atoms with Gasteiger partial charge < -0.3 is 9.52 Å². The van der Waals surface area contributed by atoms with Crippen LogP contribution in [0.1, 0.15) is 33.3 Å². The van der Waals surface area contributed by atoms with Crippen molar-refractivity contribution in [2.24, 2.45) is 0 Å². The molecule has 0 bridgehead atoms. The first-order valence-corrected chi connectivity index (χ1v) is 12.0. The fraction of sp³-hybridized carbons (Fsp3) is 0.107. The van der Waals surface area contributed by atoms with Crippen molar-refractivity contribution in [3.63, 3.8) is 0 Å². The summed E-state index contributed by atoms with van der Waals surface area (Å²) in [7, 11) is 0. The summed E-state index contributed by atoms with van der Waals surface area (Å²) in [6.07, 6.45) is 0. The zero-order valence-electron chi connectivity index (χ0n) is 19.0. The quantitative estimate of drug-likeness (QED) is 0.299. The fourth-order valence-corrected chi connectivity index (χ4v) is 5.84. The summed E-state index contributed by atoms with van der Waals surface area (Å²) in [6, 6.07) is 21.3. The SMILES string of the molecule is Cc1cc(C)c2nc(N3C(=O)C(O)=C(C(=O)c4cc5ccccc5o4)C3c3ccccc3)sc2c1. The largest absolute Gasteiger partial charge is 0.503 e. The van der Waals surface area contributed by atoms with Crippen LogP contribution in [0.5, 0.6) is 0 Å². The molecular weight excluding hydrogens is 460 g/mol. The van der Waals surface area contributed by atoms with Crippen LogP contribution in [0, 0.1) is 13.8 Å². The molecule has 0 fully saturated rings. The van der Waals surface area contributed by atoms with E-state index in [4.69, 9.17) is 9.40 Å². The normalized spacial score (nSPS) is 16.1. The number of rotatable bonds is 4. The molecule has 3 heterocycles. The second-order valence-electron chi connectivity index (χ2n) is 8.65. The number of nitrogens with zero attached hydrogens (tertiary/aromatic N) is 2. The van der Waals surface area contributed by atoms with Gasteiger partial charge in [0, 0.05) is 5.39 Å². The van der Waals surface area contributed by atoms with Gasteiger partial charge in [-0.25, -0.2) is 4.98 Å². The summed E-state index contributed by atoms with van der Waals surface area (Å²) in [6.45, 7) is 3.99. The van der Waals surface area contributed by atoms with Crippen molar-refractivity contribution < 1.29 is 19.1 Å². The van der Waals surface area contributed by atoms with Crippen LogP contribution in [-0.2, 0) is 4.79 Å². The molecule has 1 aliphatic heterocycles. The van der Waals surface area contributed by atoms with E-state index in [2.05, 4.69) is 0 Å². The minimum atomic E-state index is -0.841. The van der Waals surface area contributed by atoms with Crippen LogP contribution in [0.2, 0.25) is 0 Å². The van der Waals surface area contributed by atoms with Crippen LogP contribution < -0.4 is 4.90 Å². The van der Waals surface area contributed by atoms with Crippen LogP contribution >= 0.6 is 11.3 Å². The van der Waals surface area contributed by atoms with Crippen LogP contribution in [0.25, 0.3) is 21.2 Å². The summed E-state index contributed by atoms with van der Waals surface area (Å²) < 4.78 is 6.73. The number of fused-ring (bicyclic) bond motifs is 2. The van der Waals surface area contributed by atoms with Crippen molar-refractivity contribution >= 4 is 49.3 Å². The second kappa shape index (κ2) is 7.92. The monoisotopic (exact) mass is 480 g/mol. The van der Waals surface area contributed by atoms with E-state index in [0.29, 0.717) is 16.3 Å². The topological polar surface area (TPSA) is 83.6 Å². The number of benzene rings is 3. The van der Waals surface area contributed by atoms with Gasteiger partial charge in [-0.05, 0) is 48.7 Å². The Bertz CT molecular complexity index is 1650. The molecule has 1 unspecified atom stereocenters. The molecule has 0 spiro atoms. The fourth-order valence-electron chi connectivity index (χ4n) is 4.67. The average Bonchev–Trinajstić information content (AvgIpc) is 3.54. The average molecular weight is 481 g/mol. The molecule has 1 amide bonds. The maximum atomic E-state index is 13.7. The van der Waals surface area contributed by atoms with E-state index in [1.165, 1.54) is 16.2 Å². The van der Waals surface area contributed by atoms with Gasteiger partial charge in [-0.15, -0.1) is 0 Å². The van der Waals surface area contributed by atoms with Gasteiger partial charge >= 0.3 is 0 Å². The number of carbonyl (C=O) groups is 2. The summed E-state index contributed by atoms with van der Waals surface area (Å²) >= 11 is 1.36. The molecule has 35 heavy (non-hydrogen) atoms. The number of aryl methyl sites for hydroxylation is 2. The number of hydrogen-bond donors (Lipinski definition) is 1. The van der Waals surface area contributed by atoms with E-state index in [1.54, 1.807) is 12.1 Å². The lowest BCUT2D eigenvalue weighted by molar-refractivity contribution is -0.117. The Morgan fingerprint density at radius 3 is 2.54 bits per heavy atom. The third-order valence-corrected chi connectivity index (χ3v) is 7.24. The molecule has 5 aromatic rings. The molecule has 2 aromatic heterocycles. The number of ketones is 1. The maximum Gasteiger partial charge on any atom is 0.296 e. The molecule has 1 N–H and O–H groups in total. The van der Waals surface area contributed by atoms with Gasteiger partial charge in [0.05, 0.1) is 21.8 Å². The number of anilines is 1. The van der Waals surface area contributed by atoms with E-state index in [1.807, 2.05) is 74.5 Å². The molecule has 6 nitrogen and oxygen atoms in total. The Kier molecular flexibility index (Phi) is 4.82. The van der Waals surface area contributed by atoms with Gasteiger partial charge in [-0.2, -0.15) is 0 Å². The molecule has 6 rings (SSSR count). The highest BCUT2D eigenvalue weighted by Gasteiger charge is 2.46. The van der Waals surface area contributed by atoms with Gasteiger partial charge in [0.25, 0.3) is 5.91 Å². The van der Waals surface area contributed by atoms with E-state index in [0.717, 1.165) is 26.7 Å². The van der Waals surface area contributed by atoms with Crippen LogP contribution in [0.4, 0.5) is 5.13 Å². The Balaban J connectivity index is 1.52. The van der Waals surface area contributed by atoms with Gasteiger partial charge in [0.1, 0.15) is 5.58 Å². The highest BCUT2D eigenvalue weighted by molar-refractivity contribution is 7.22. The predicted molar refractivity (Wildman–Crippen MR) is 136 cm³/mol.